The monoisotopic (exact) mass is 419 g/mol. The molecule has 0 saturated heterocycles. The normalized spacial score (nSPS) is 15.2. The first-order valence-electron chi connectivity index (χ1n) is 9.71. The predicted molar refractivity (Wildman–Crippen MR) is 110 cm³/mol. The van der Waals surface area contributed by atoms with Gasteiger partial charge in [-0.3, -0.25) is 9.48 Å². The van der Waals surface area contributed by atoms with Gasteiger partial charge in [0.05, 0.1) is 17.5 Å². The molecule has 1 aliphatic rings. The van der Waals surface area contributed by atoms with Gasteiger partial charge in [0.2, 0.25) is 5.78 Å². The second-order valence-corrected chi connectivity index (χ2v) is 7.17. The van der Waals surface area contributed by atoms with Crippen LogP contribution in [0.3, 0.4) is 0 Å². The number of aromatic nitrogens is 6. The van der Waals surface area contributed by atoms with E-state index in [1.54, 1.807) is 29.9 Å². The number of benzene rings is 1. The molecule has 0 spiro atoms. The lowest BCUT2D eigenvalue weighted by atomic mass is 9.95. The molecule has 0 saturated carbocycles. The molecule has 1 atom stereocenters. The molecule has 1 aromatic carbocycles. The minimum atomic E-state index is -0.611. The van der Waals surface area contributed by atoms with Crippen LogP contribution in [0, 0.1) is 5.82 Å². The van der Waals surface area contributed by atoms with Gasteiger partial charge in [-0.15, -0.1) is 0 Å². The Labute approximate surface area is 176 Å². The van der Waals surface area contributed by atoms with Gasteiger partial charge in [0, 0.05) is 29.4 Å². The van der Waals surface area contributed by atoms with Gasteiger partial charge in [0.15, 0.2) is 17.3 Å². The molecule has 4 aromatic rings. The van der Waals surface area contributed by atoms with Crippen molar-refractivity contribution < 1.29 is 13.9 Å². The minimum absolute atomic E-state index is 0.112. The van der Waals surface area contributed by atoms with E-state index in [9.17, 15) is 9.18 Å². The zero-order valence-electron chi connectivity index (χ0n) is 16.8. The Balaban J connectivity index is 1.85. The van der Waals surface area contributed by atoms with Gasteiger partial charge < -0.3 is 10.5 Å². The number of aromatic amines is 1. The van der Waals surface area contributed by atoms with E-state index >= 15 is 0 Å². The van der Waals surface area contributed by atoms with Crippen LogP contribution in [0.1, 0.15) is 41.6 Å². The number of rotatable bonds is 1. The van der Waals surface area contributed by atoms with E-state index < -0.39 is 11.9 Å². The van der Waals surface area contributed by atoms with Crippen LogP contribution in [0.5, 0.6) is 5.75 Å². The smallest absolute Gasteiger partial charge is 0.219 e. The van der Waals surface area contributed by atoms with Crippen molar-refractivity contribution in [2.45, 2.75) is 26.5 Å². The quantitative estimate of drug-likeness (QED) is 0.485. The number of hydrogen-bond donors (Lipinski definition) is 2. The van der Waals surface area contributed by atoms with Crippen molar-refractivity contribution >= 4 is 11.6 Å². The SMILES string of the molecule is CCn1ncc2c1-c1cnc(N)c(c1)O[C@H](C)c1cc(F)ccc1-c1n[nH]nc1C2=O. The number of H-pyrrole nitrogens is 1. The second kappa shape index (κ2) is 7.01. The Morgan fingerprint density at radius 3 is 2.81 bits per heavy atom. The summed E-state index contributed by atoms with van der Waals surface area (Å²) in [5.41, 5.74) is 9.03. The Morgan fingerprint density at radius 1 is 1.19 bits per heavy atom. The van der Waals surface area contributed by atoms with Crippen LogP contribution in [-0.2, 0) is 6.54 Å². The summed E-state index contributed by atoms with van der Waals surface area (Å²) >= 11 is 0. The van der Waals surface area contributed by atoms with Crippen molar-refractivity contribution in [3.05, 3.63) is 59.3 Å². The van der Waals surface area contributed by atoms with E-state index in [4.69, 9.17) is 10.5 Å². The Bertz CT molecular complexity index is 1330. The molecule has 0 fully saturated rings. The van der Waals surface area contributed by atoms with Crippen molar-refractivity contribution in [2.24, 2.45) is 0 Å². The molecule has 0 radical (unpaired) electrons. The Kier molecular flexibility index (Phi) is 4.28. The van der Waals surface area contributed by atoms with Crippen molar-refractivity contribution in [1.82, 2.24) is 30.2 Å². The Hall–Kier alpha value is -4.08. The highest BCUT2D eigenvalue weighted by atomic mass is 19.1. The molecule has 9 nitrogen and oxygen atoms in total. The number of carbonyl (C=O) groups is 1. The number of anilines is 1. The van der Waals surface area contributed by atoms with Crippen molar-refractivity contribution in [3.8, 4) is 28.3 Å². The van der Waals surface area contributed by atoms with Gasteiger partial charge in [0.1, 0.15) is 17.6 Å². The third-order valence-electron chi connectivity index (χ3n) is 5.31. The van der Waals surface area contributed by atoms with E-state index in [0.717, 1.165) is 0 Å². The number of ether oxygens (including phenoxy) is 1. The van der Waals surface area contributed by atoms with Gasteiger partial charge in [-0.25, -0.2) is 9.37 Å². The molecule has 31 heavy (non-hydrogen) atoms. The number of nitrogen functional groups attached to an aromatic ring is 1. The predicted octanol–water partition coefficient (Wildman–Crippen LogP) is 3.16. The van der Waals surface area contributed by atoms with Crippen molar-refractivity contribution in [2.75, 3.05) is 5.73 Å². The zero-order valence-corrected chi connectivity index (χ0v) is 16.8. The van der Waals surface area contributed by atoms with Crippen LogP contribution in [0.25, 0.3) is 22.5 Å². The summed E-state index contributed by atoms with van der Waals surface area (Å²) in [6.07, 6.45) is 2.45. The largest absolute Gasteiger partial charge is 0.482 e. The molecular weight excluding hydrogens is 401 g/mol. The first kappa shape index (κ1) is 18.9. The molecule has 5 rings (SSSR count). The molecule has 10 heteroatoms. The highest BCUT2D eigenvalue weighted by molar-refractivity contribution is 6.14. The van der Waals surface area contributed by atoms with Crippen molar-refractivity contribution in [3.63, 3.8) is 0 Å². The fourth-order valence-electron chi connectivity index (χ4n) is 3.82. The van der Waals surface area contributed by atoms with Crippen molar-refractivity contribution in [1.29, 1.82) is 0 Å². The van der Waals surface area contributed by atoms with Crippen LogP contribution >= 0.6 is 0 Å². The maximum absolute atomic E-state index is 14.1. The van der Waals surface area contributed by atoms with E-state index in [2.05, 4.69) is 25.5 Å². The van der Waals surface area contributed by atoms with Gasteiger partial charge >= 0.3 is 0 Å². The van der Waals surface area contributed by atoms with Crippen LogP contribution in [0.2, 0.25) is 0 Å². The number of pyridine rings is 1. The molecule has 2 bridgehead atoms. The van der Waals surface area contributed by atoms with E-state index in [-0.39, 0.29) is 17.3 Å². The minimum Gasteiger partial charge on any atom is -0.482 e. The number of ketones is 1. The summed E-state index contributed by atoms with van der Waals surface area (Å²) in [7, 11) is 0. The van der Waals surface area contributed by atoms with Gasteiger partial charge in [-0.05, 0) is 38.1 Å². The summed E-state index contributed by atoms with van der Waals surface area (Å²) in [4.78, 5) is 17.8. The summed E-state index contributed by atoms with van der Waals surface area (Å²) in [5.74, 6) is -0.295. The average Bonchev–Trinajstić information content (AvgIpc) is 3.41. The number of nitrogens with one attached hydrogen (secondary N) is 1. The lowest BCUT2D eigenvalue weighted by molar-refractivity contribution is 0.103. The molecular formula is C21H18FN7O2. The number of halogens is 1. The van der Waals surface area contributed by atoms with Crippen LogP contribution in [0.15, 0.2) is 36.7 Å². The van der Waals surface area contributed by atoms with E-state index in [0.29, 0.717) is 45.9 Å². The molecule has 0 amide bonds. The standard InChI is InChI=1S/C21H18FN7O2/c1-3-29-19-11-6-16(21(23)24-8-11)31-10(2)14-7-12(22)4-5-13(14)17-18(27-28-26-17)20(30)15(19)9-25-29/h4-10H,3H2,1-2H3,(H2,23,24)(H,26,27,28)/t10-/m1/s1. The lowest BCUT2D eigenvalue weighted by Gasteiger charge is -2.20. The fraction of sp³-hybridized carbons (Fsp3) is 0.190. The summed E-state index contributed by atoms with van der Waals surface area (Å²) < 4.78 is 21.9. The topological polar surface area (TPSA) is 125 Å². The molecule has 3 N–H and O–H groups in total. The maximum Gasteiger partial charge on any atom is 0.219 e. The number of aryl methyl sites for hydroxylation is 1. The number of hydrogen-bond acceptors (Lipinski definition) is 7. The van der Waals surface area contributed by atoms with Gasteiger partial charge in [0.25, 0.3) is 0 Å². The first-order valence-corrected chi connectivity index (χ1v) is 9.71. The fourth-order valence-corrected chi connectivity index (χ4v) is 3.82. The molecule has 0 aliphatic carbocycles. The number of nitrogens with zero attached hydrogens (tertiary/aromatic N) is 5. The second-order valence-electron chi connectivity index (χ2n) is 7.17. The van der Waals surface area contributed by atoms with Crippen LogP contribution in [0.4, 0.5) is 10.2 Å². The lowest BCUT2D eigenvalue weighted by Crippen LogP contribution is -2.12. The summed E-state index contributed by atoms with van der Waals surface area (Å²) in [5, 5.41) is 15.2. The maximum atomic E-state index is 14.1. The third kappa shape index (κ3) is 2.95. The highest BCUT2D eigenvalue weighted by Crippen LogP contribution is 2.37. The zero-order chi connectivity index (χ0) is 21.7. The first-order chi connectivity index (χ1) is 15.0. The number of fused-ring (bicyclic) bond motifs is 7. The molecule has 1 aliphatic heterocycles. The van der Waals surface area contributed by atoms with E-state index in [1.807, 2.05) is 6.92 Å². The van der Waals surface area contributed by atoms with Gasteiger partial charge in [-0.1, -0.05) is 0 Å². The average molecular weight is 419 g/mol. The summed E-state index contributed by atoms with van der Waals surface area (Å²) in [6, 6.07) is 5.92. The number of carbonyl (C=O) groups excluding carboxylic acids is 1. The van der Waals surface area contributed by atoms with Crippen LogP contribution in [-0.4, -0.2) is 36.0 Å². The molecule has 156 valence electrons. The summed E-state index contributed by atoms with van der Waals surface area (Å²) in [6.45, 7) is 4.22. The van der Waals surface area contributed by atoms with Gasteiger partial charge in [-0.2, -0.15) is 20.5 Å². The Morgan fingerprint density at radius 2 is 2.00 bits per heavy atom. The van der Waals surface area contributed by atoms with Crippen LogP contribution < -0.4 is 10.5 Å². The molecule has 3 aromatic heterocycles. The van der Waals surface area contributed by atoms with E-state index in [1.165, 1.54) is 18.3 Å². The molecule has 4 heterocycles. The molecule has 0 unspecified atom stereocenters. The third-order valence-corrected chi connectivity index (χ3v) is 5.31. The number of nitrogens with two attached hydrogens (primary N) is 1. The highest BCUT2D eigenvalue weighted by Gasteiger charge is 2.29.